The Balaban J connectivity index is 2.28. The number of hydrogen-bond donors (Lipinski definition) is 2. The lowest BCUT2D eigenvalue weighted by atomic mass is 10.3. The van der Waals surface area contributed by atoms with Gasteiger partial charge >= 0.3 is 0 Å². The van der Waals surface area contributed by atoms with Gasteiger partial charge in [-0.15, -0.1) is 0 Å². The summed E-state index contributed by atoms with van der Waals surface area (Å²) in [6.07, 6.45) is 0. The van der Waals surface area contributed by atoms with Gasteiger partial charge in [0.25, 0.3) is 0 Å². The van der Waals surface area contributed by atoms with E-state index in [-0.39, 0.29) is 0 Å². The van der Waals surface area contributed by atoms with Gasteiger partial charge in [0, 0.05) is 25.7 Å². The van der Waals surface area contributed by atoms with Gasteiger partial charge in [0.2, 0.25) is 0 Å². The molecule has 15 heavy (non-hydrogen) atoms. The zero-order valence-electron chi connectivity index (χ0n) is 8.30. The molecule has 0 bridgehead atoms. The van der Waals surface area contributed by atoms with Crippen molar-refractivity contribution in [1.82, 2.24) is 5.32 Å². The highest BCUT2D eigenvalue weighted by Gasteiger charge is 1.99. The van der Waals surface area contributed by atoms with E-state index < -0.39 is 0 Å². The molecule has 0 saturated heterocycles. The van der Waals surface area contributed by atoms with Crippen LogP contribution in [0.1, 0.15) is 0 Å². The lowest BCUT2D eigenvalue weighted by molar-refractivity contribution is 0.315. The highest BCUT2D eigenvalue weighted by Crippen LogP contribution is 2.26. The number of nitrogens with two attached hydrogens (primary N) is 1. The van der Waals surface area contributed by atoms with Crippen molar-refractivity contribution in [3.05, 3.63) is 28.2 Å². The second-order valence-corrected chi connectivity index (χ2v) is 3.78. The lowest BCUT2D eigenvalue weighted by Gasteiger charge is -2.07. The largest absolute Gasteiger partial charge is 0.492 e. The number of rotatable bonds is 6. The van der Waals surface area contributed by atoms with Crippen LogP contribution in [0.4, 0.5) is 0 Å². The molecule has 0 radical (unpaired) electrons. The highest BCUT2D eigenvalue weighted by molar-refractivity contribution is 6.42. The van der Waals surface area contributed by atoms with E-state index in [1.54, 1.807) is 18.2 Å². The van der Waals surface area contributed by atoms with E-state index >= 15 is 0 Å². The van der Waals surface area contributed by atoms with Crippen molar-refractivity contribution < 1.29 is 4.74 Å². The van der Waals surface area contributed by atoms with Gasteiger partial charge in [-0.1, -0.05) is 23.2 Å². The van der Waals surface area contributed by atoms with Gasteiger partial charge in [-0.3, -0.25) is 0 Å². The summed E-state index contributed by atoms with van der Waals surface area (Å²) in [7, 11) is 0. The van der Waals surface area contributed by atoms with Crippen LogP contribution < -0.4 is 15.8 Å². The molecule has 0 atom stereocenters. The molecule has 5 heteroatoms. The first-order chi connectivity index (χ1) is 7.24. The molecule has 0 saturated carbocycles. The Morgan fingerprint density at radius 2 is 2.00 bits per heavy atom. The predicted octanol–water partition coefficient (Wildman–Crippen LogP) is 1.92. The average molecular weight is 249 g/mol. The van der Waals surface area contributed by atoms with Gasteiger partial charge in [0.1, 0.15) is 12.4 Å². The molecule has 1 aromatic rings. The van der Waals surface area contributed by atoms with Crippen LogP contribution in [0.15, 0.2) is 18.2 Å². The number of benzene rings is 1. The molecular formula is C10H14Cl2N2O. The average Bonchev–Trinajstić information content (AvgIpc) is 2.23. The first-order valence-electron chi connectivity index (χ1n) is 4.72. The van der Waals surface area contributed by atoms with E-state index in [9.17, 15) is 0 Å². The number of nitrogens with one attached hydrogen (secondary N) is 1. The molecule has 0 aliphatic carbocycles. The quantitative estimate of drug-likeness (QED) is 0.757. The Labute approximate surface area is 99.5 Å². The minimum Gasteiger partial charge on any atom is -0.492 e. The summed E-state index contributed by atoms with van der Waals surface area (Å²) in [5.41, 5.74) is 5.32. The fourth-order valence-electron chi connectivity index (χ4n) is 1.03. The van der Waals surface area contributed by atoms with Crippen LogP contribution in [0.2, 0.25) is 10.0 Å². The zero-order valence-corrected chi connectivity index (χ0v) is 9.81. The third-order valence-corrected chi connectivity index (χ3v) is 2.50. The van der Waals surface area contributed by atoms with Crippen LogP contribution in [0.5, 0.6) is 5.75 Å². The van der Waals surface area contributed by atoms with Crippen LogP contribution in [0, 0.1) is 0 Å². The van der Waals surface area contributed by atoms with Gasteiger partial charge in [-0.05, 0) is 12.1 Å². The molecule has 0 fully saturated rings. The molecule has 0 unspecified atom stereocenters. The Kier molecular flexibility index (Phi) is 5.79. The SMILES string of the molecule is NCCNCCOc1ccc(Cl)c(Cl)c1. The molecule has 0 aromatic heterocycles. The molecule has 3 nitrogen and oxygen atoms in total. The van der Waals surface area contributed by atoms with Crippen LogP contribution in [-0.4, -0.2) is 26.2 Å². The molecule has 3 N–H and O–H groups in total. The van der Waals surface area contributed by atoms with Gasteiger partial charge in [-0.2, -0.15) is 0 Å². The van der Waals surface area contributed by atoms with E-state index in [0.29, 0.717) is 23.2 Å². The Hall–Kier alpha value is -0.480. The molecular weight excluding hydrogens is 235 g/mol. The predicted molar refractivity (Wildman–Crippen MR) is 63.9 cm³/mol. The van der Waals surface area contributed by atoms with Crippen LogP contribution in [-0.2, 0) is 0 Å². The van der Waals surface area contributed by atoms with E-state index in [2.05, 4.69) is 5.32 Å². The second kappa shape index (κ2) is 6.90. The van der Waals surface area contributed by atoms with Crippen molar-refractivity contribution in [2.75, 3.05) is 26.2 Å². The second-order valence-electron chi connectivity index (χ2n) is 2.96. The van der Waals surface area contributed by atoms with Crippen molar-refractivity contribution in [2.45, 2.75) is 0 Å². The normalized spacial score (nSPS) is 10.3. The van der Waals surface area contributed by atoms with E-state index in [1.165, 1.54) is 0 Å². The van der Waals surface area contributed by atoms with E-state index in [1.807, 2.05) is 0 Å². The van der Waals surface area contributed by atoms with Crippen molar-refractivity contribution in [2.24, 2.45) is 5.73 Å². The van der Waals surface area contributed by atoms with Crippen molar-refractivity contribution in [1.29, 1.82) is 0 Å². The monoisotopic (exact) mass is 248 g/mol. The van der Waals surface area contributed by atoms with E-state index in [0.717, 1.165) is 18.8 Å². The third-order valence-electron chi connectivity index (χ3n) is 1.76. The van der Waals surface area contributed by atoms with Gasteiger partial charge in [-0.25, -0.2) is 0 Å². The first kappa shape index (κ1) is 12.6. The minimum absolute atomic E-state index is 0.504. The smallest absolute Gasteiger partial charge is 0.120 e. The Morgan fingerprint density at radius 3 is 2.67 bits per heavy atom. The summed E-state index contributed by atoms with van der Waals surface area (Å²) < 4.78 is 5.44. The van der Waals surface area contributed by atoms with Crippen LogP contribution in [0.25, 0.3) is 0 Å². The molecule has 0 amide bonds. The number of hydrogen-bond acceptors (Lipinski definition) is 3. The highest BCUT2D eigenvalue weighted by atomic mass is 35.5. The van der Waals surface area contributed by atoms with E-state index in [4.69, 9.17) is 33.7 Å². The summed E-state index contributed by atoms with van der Waals surface area (Å²) in [5, 5.41) is 4.16. The van der Waals surface area contributed by atoms with Gasteiger partial charge in [0.05, 0.1) is 10.0 Å². The Morgan fingerprint density at radius 1 is 1.20 bits per heavy atom. The zero-order chi connectivity index (χ0) is 11.1. The standard InChI is InChI=1S/C10H14Cl2N2O/c11-9-2-1-8(7-10(9)12)15-6-5-14-4-3-13/h1-2,7,14H,3-6,13H2. The van der Waals surface area contributed by atoms with Crippen LogP contribution in [0.3, 0.4) is 0 Å². The number of ether oxygens (including phenoxy) is 1. The maximum absolute atomic E-state index is 5.83. The molecule has 1 rings (SSSR count). The summed E-state index contributed by atoms with van der Waals surface area (Å²) in [4.78, 5) is 0. The first-order valence-corrected chi connectivity index (χ1v) is 5.48. The molecule has 1 aromatic carbocycles. The molecule has 0 aliphatic heterocycles. The minimum atomic E-state index is 0.504. The maximum Gasteiger partial charge on any atom is 0.120 e. The topological polar surface area (TPSA) is 47.3 Å². The van der Waals surface area contributed by atoms with Crippen molar-refractivity contribution in [3.8, 4) is 5.75 Å². The molecule has 0 aliphatic rings. The molecule has 84 valence electrons. The fraction of sp³-hybridized carbons (Fsp3) is 0.400. The number of halogens is 2. The molecule has 0 spiro atoms. The summed E-state index contributed by atoms with van der Waals surface area (Å²) in [6.45, 7) is 2.77. The maximum atomic E-state index is 5.83. The third kappa shape index (κ3) is 4.71. The Bertz CT molecular complexity index is 307. The summed E-state index contributed by atoms with van der Waals surface area (Å²) in [6, 6.07) is 5.20. The fourth-order valence-corrected chi connectivity index (χ4v) is 1.32. The van der Waals surface area contributed by atoms with Crippen LogP contribution >= 0.6 is 23.2 Å². The molecule has 0 heterocycles. The van der Waals surface area contributed by atoms with Gasteiger partial charge in [0.15, 0.2) is 0 Å². The van der Waals surface area contributed by atoms with Crippen molar-refractivity contribution in [3.63, 3.8) is 0 Å². The van der Waals surface area contributed by atoms with Crippen molar-refractivity contribution >= 4 is 23.2 Å². The lowest BCUT2D eigenvalue weighted by Crippen LogP contribution is -2.26. The summed E-state index contributed by atoms with van der Waals surface area (Å²) in [5.74, 6) is 0.721. The summed E-state index contributed by atoms with van der Waals surface area (Å²) >= 11 is 11.6. The van der Waals surface area contributed by atoms with Gasteiger partial charge < -0.3 is 15.8 Å².